The van der Waals surface area contributed by atoms with E-state index in [1.54, 1.807) is 14.2 Å². The molecule has 0 atom stereocenters. The molecule has 6 rings (SSSR count). The zero-order valence-corrected chi connectivity index (χ0v) is 21.7. The molecular weight excluding hydrogens is 456 g/mol. The lowest BCUT2D eigenvalue weighted by Crippen LogP contribution is -2.34. The second kappa shape index (κ2) is 11.5. The Hall–Kier alpha value is -2.12. The van der Waals surface area contributed by atoms with E-state index in [0.29, 0.717) is 11.8 Å². The highest BCUT2D eigenvalue weighted by Gasteiger charge is 2.41. The average Bonchev–Trinajstić information content (AvgIpc) is 3.60. The van der Waals surface area contributed by atoms with Gasteiger partial charge in [-0.3, -0.25) is 0 Å². The SMILES string of the molecule is COc1ccc(C2CCC3(CC2)OCCO3)cc1.COc1ccc(C2CCC3(CC2)OCCO3)cc1. The molecule has 196 valence electrons. The molecule has 4 fully saturated rings. The summed E-state index contributed by atoms with van der Waals surface area (Å²) in [5.41, 5.74) is 2.81. The first-order chi connectivity index (χ1) is 17.6. The van der Waals surface area contributed by atoms with Crippen molar-refractivity contribution in [1.82, 2.24) is 0 Å². The number of ether oxygens (including phenoxy) is 6. The van der Waals surface area contributed by atoms with Crippen molar-refractivity contribution in [1.29, 1.82) is 0 Å². The van der Waals surface area contributed by atoms with Gasteiger partial charge in [-0.1, -0.05) is 24.3 Å². The fraction of sp³-hybridized carbons (Fsp3) is 0.600. The molecule has 0 unspecified atom stereocenters. The molecule has 0 amide bonds. The minimum atomic E-state index is -0.247. The van der Waals surface area contributed by atoms with Gasteiger partial charge in [0.25, 0.3) is 0 Å². The Labute approximate surface area is 215 Å². The van der Waals surface area contributed by atoms with Crippen LogP contribution in [0.2, 0.25) is 0 Å². The van der Waals surface area contributed by atoms with Gasteiger partial charge >= 0.3 is 0 Å². The van der Waals surface area contributed by atoms with Gasteiger partial charge < -0.3 is 28.4 Å². The molecule has 6 heteroatoms. The van der Waals surface area contributed by atoms with Gasteiger partial charge in [-0.05, 0) is 72.9 Å². The van der Waals surface area contributed by atoms with Gasteiger partial charge in [0, 0.05) is 25.7 Å². The van der Waals surface area contributed by atoms with Crippen molar-refractivity contribution in [2.24, 2.45) is 0 Å². The van der Waals surface area contributed by atoms with E-state index in [1.165, 1.54) is 11.1 Å². The Morgan fingerprint density at radius 1 is 0.528 bits per heavy atom. The van der Waals surface area contributed by atoms with Crippen LogP contribution in [0.5, 0.6) is 11.5 Å². The van der Waals surface area contributed by atoms with Gasteiger partial charge in [-0.15, -0.1) is 0 Å². The Balaban J connectivity index is 0.000000148. The van der Waals surface area contributed by atoms with E-state index in [0.717, 1.165) is 89.3 Å². The maximum Gasteiger partial charge on any atom is 0.168 e. The first-order valence-electron chi connectivity index (χ1n) is 13.5. The third kappa shape index (κ3) is 5.88. The van der Waals surface area contributed by atoms with Gasteiger partial charge in [0.05, 0.1) is 40.6 Å². The molecule has 2 aliphatic heterocycles. The maximum absolute atomic E-state index is 5.76. The average molecular weight is 497 g/mol. The van der Waals surface area contributed by atoms with Crippen molar-refractivity contribution in [2.45, 2.75) is 74.8 Å². The van der Waals surface area contributed by atoms with Crippen LogP contribution in [0.15, 0.2) is 48.5 Å². The largest absolute Gasteiger partial charge is 0.497 e. The molecule has 2 aromatic carbocycles. The van der Waals surface area contributed by atoms with E-state index in [2.05, 4.69) is 24.3 Å². The summed E-state index contributed by atoms with van der Waals surface area (Å²) >= 11 is 0. The summed E-state index contributed by atoms with van der Waals surface area (Å²) in [6.45, 7) is 3.03. The molecule has 0 radical (unpaired) electrons. The molecule has 2 aliphatic carbocycles. The molecule has 6 nitrogen and oxygen atoms in total. The summed E-state index contributed by atoms with van der Waals surface area (Å²) in [7, 11) is 3.41. The maximum atomic E-state index is 5.76. The van der Waals surface area contributed by atoms with Crippen LogP contribution >= 0.6 is 0 Å². The van der Waals surface area contributed by atoms with Gasteiger partial charge in [0.15, 0.2) is 11.6 Å². The molecule has 2 heterocycles. The summed E-state index contributed by atoms with van der Waals surface area (Å²) in [6, 6.07) is 16.9. The quantitative estimate of drug-likeness (QED) is 0.503. The second-order valence-electron chi connectivity index (χ2n) is 10.3. The minimum Gasteiger partial charge on any atom is -0.497 e. The molecule has 2 spiro atoms. The smallest absolute Gasteiger partial charge is 0.168 e. The molecule has 36 heavy (non-hydrogen) atoms. The van der Waals surface area contributed by atoms with Crippen LogP contribution in [0.3, 0.4) is 0 Å². The number of benzene rings is 2. The second-order valence-corrected chi connectivity index (χ2v) is 10.3. The zero-order valence-electron chi connectivity index (χ0n) is 21.7. The highest BCUT2D eigenvalue weighted by molar-refractivity contribution is 5.30. The van der Waals surface area contributed by atoms with Crippen LogP contribution in [0.25, 0.3) is 0 Å². The minimum absolute atomic E-state index is 0.247. The molecule has 2 saturated carbocycles. The van der Waals surface area contributed by atoms with Crippen molar-refractivity contribution in [3.8, 4) is 11.5 Å². The summed E-state index contributed by atoms with van der Waals surface area (Å²) in [5.74, 6) is 2.62. The van der Waals surface area contributed by atoms with Crippen LogP contribution in [-0.4, -0.2) is 52.2 Å². The summed E-state index contributed by atoms with van der Waals surface area (Å²) < 4.78 is 33.4. The van der Waals surface area contributed by atoms with Gasteiger partial charge in [-0.2, -0.15) is 0 Å². The number of hydrogen-bond donors (Lipinski definition) is 0. The zero-order chi connectivity index (χ0) is 24.8. The van der Waals surface area contributed by atoms with Crippen LogP contribution in [-0.2, 0) is 18.9 Å². The molecule has 4 aliphatic rings. The predicted molar refractivity (Wildman–Crippen MR) is 138 cm³/mol. The third-order valence-corrected chi connectivity index (χ3v) is 8.30. The molecule has 0 aromatic heterocycles. The summed E-state index contributed by atoms with van der Waals surface area (Å²) in [5, 5.41) is 0. The van der Waals surface area contributed by atoms with Crippen molar-refractivity contribution < 1.29 is 28.4 Å². The van der Waals surface area contributed by atoms with E-state index < -0.39 is 0 Å². The van der Waals surface area contributed by atoms with Gasteiger partial charge in [0.2, 0.25) is 0 Å². The highest BCUT2D eigenvalue weighted by atomic mass is 16.7. The fourth-order valence-electron chi connectivity index (χ4n) is 6.11. The summed E-state index contributed by atoms with van der Waals surface area (Å²) in [6.07, 6.45) is 8.65. The van der Waals surface area contributed by atoms with E-state index in [1.807, 2.05) is 24.3 Å². The van der Waals surface area contributed by atoms with E-state index in [-0.39, 0.29) is 11.6 Å². The van der Waals surface area contributed by atoms with Crippen molar-refractivity contribution in [2.75, 3.05) is 40.6 Å². The topological polar surface area (TPSA) is 55.4 Å². The van der Waals surface area contributed by atoms with E-state index in [4.69, 9.17) is 28.4 Å². The lowest BCUT2D eigenvalue weighted by atomic mass is 9.81. The first-order valence-corrected chi connectivity index (χ1v) is 13.5. The van der Waals surface area contributed by atoms with E-state index >= 15 is 0 Å². The van der Waals surface area contributed by atoms with Crippen molar-refractivity contribution in [3.05, 3.63) is 59.7 Å². The number of methoxy groups -OCH3 is 2. The van der Waals surface area contributed by atoms with Gasteiger partial charge in [-0.25, -0.2) is 0 Å². The van der Waals surface area contributed by atoms with Gasteiger partial charge in [0.1, 0.15) is 11.5 Å². The lowest BCUT2D eigenvalue weighted by molar-refractivity contribution is -0.179. The van der Waals surface area contributed by atoms with Crippen LogP contribution < -0.4 is 9.47 Å². The Morgan fingerprint density at radius 2 is 0.833 bits per heavy atom. The molecule has 2 aromatic rings. The standard InChI is InChI=1S/2C15H20O3/c2*1-16-14-4-2-12(3-5-14)13-6-8-15(9-7-13)17-10-11-18-15/h2*2-5,13H,6-11H2,1H3. The third-order valence-electron chi connectivity index (χ3n) is 8.30. The summed E-state index contributed by atoms with van der Waals surface area (Å²) in [4.78, 5) is 0. The molecule has 2 saturated heterocycles. The van der Waals surface area contributed by atoms with Crippen LogP contribution in [0.4, 0.5) is 0 Å². The van der Waals surface area contributed by atoms with Crippen LogP contribution in [0.1, 0.15) is 74.3 Å². The lowest BCUT2D eigenvalue weighted by Gasteiger charge is -2.35. The Morgan fingerprint density at radius 3 is 1.11 bits per heavy atom. The monoisotopic (exact) mass is 496 g/mol. The van der Waals surface area contributed by atoms with Crippen LogP contribution in [0, 0.1) is 0 Å². The molecule has 0 N–H and O–H groups in total. The van der Waals surface area contributed by atoms with E-state index in [9.17, 15) is 0 Å². The molecular formula is C30H40O6. The Kier molecular flexibility index (Phi) is 8.16. The van der Waals surface area contributed by atoms with Crippen molar-refractivity contribution in [3.63, 3.8) is 0 Å². The van der Waals surface area contributed by atoms with Crippen molar-refractivity contribution >= 4 is 0 Å². The predicted octanol–water partition coefficient (Wildman–Crippen LogP) is 6.19. The normalized spacial score (nSPS) is 24.9. The highest BCUT2D eigenvalue weighted by Crippen LogP contribution is 2.43. The fourth-order valence-corrected chi connectivity index (χ4v) is 6.11. The number of rotatable bonds is 4. The Bertz CT molecular complexity index is 845. The molecule has 0 bridgehead atoms. The first kappa shape index (κ1) is 25.5. The number of hydrogen-bond acceptors (Lipinski definition) is 6.